The summed E-state index contributed by atoms with van der Waals surface area (Å²) in [6.45, 7) is -0.536. The van der Waals surface area contributed by atoms with Gasteiger partial charge in [0.25, 0.3) is 0 Å². The number of aromatic nitrogens is 1. The number of sulfonamides is 1. The van der Waals surface area contributed by atoms with Gasteiger partial charge in [0.1, 0.15) is 11.5 Å². The Morgan fingerprint density at radius 2 is 1.60 bits per heavy atom. The molecule has 0 amide bonds. The lowest BCUT2D eigenvalue weighted by atomic mass is 10.2. The molecule has 0 spiro atoms. The molecule has 1 heterocycles. The summed E-state index contributed by atoms with van der Waals surface area (Å²) in [5.74, 6) is 0.700. The summed E-state index contributed by atoms with van der Waals surface area (Å²) < 4.78 is 69.7. The van der Waals surface area contributed by atoms with E-state index in [1.807, 2.05) is 6.07 Å². The van der Waals surface area contributed by atoms with Crippen molar-refractivity contribution in [1.82, 2.24) is 4.98 Å². The maximum atomic E-state index is 13.2. The van der Waals surface area contributed by atoms with E-state index in [1.165, 1.54) is 48.8 Å². The monoisotopic (exact) mass is 433 g/mol. The van der Waals surface area contributed by atoms with E-state index in [0.29, 0.717) is 16.9 Å². The van der Waals surface area contributed by atoms with E-state index in [1.54, 1.807) is 24.3 Å². The molecule has 0 N–H and O–H groups in total. The Labute approximate surface area is 170 Å². The molecule has 0 radical (unpaired) electrons. The molecule has 0 fully saturated rings. The summed E-state index contributed by atoms with van der Waals surface area (Å²) in [4.78, 5) is 3.81. The van der Waals surface area contributed by atoms with Gasteiger partial charge < -0.3 is 4.74 Å². The van der Waals surface area contributed by atoms with E-state index in [4.69, 9.17) is 10.00 Å². The van der Waals surface area contributed by atoms with Crippen molar-refractivity contribution in [2.75, 3.05) is 4.31 Å². The lowest BCUT2D eigenvalue weighted by Crippen LogP contribution is -2.40. The van der Waals surface area contributed by atoms with Gasteiger partial charge in [-0.1, -0.05) is 6.07 Å². The second-order valence-electron chi connectivity index (χ2n) is 6.05. The zero-order valence-corrected chi connectivity index (χ0v) is 16.1. The van der Waals surface area contributed by atoms with E-state index in [0.717, 1.165) is 0 Å². The number of alkyl halides is 3. The molecular weight excluding hydrogens is 419 g/mol. The van der Waals surface area contributed by atoms with E-state index < -0.39 is 22.1 Å². The highest BCUT2D eigenvalue weighted by molar-refractivity contribution is 7.93. The number of benzene rings is 2. The molecular formula is C20H14F3N3O3S. The van der Waals surface area contributed by atoms with Crippen LogP contribution in [0.5, 0.6) is 11.5 Å². The summed E-state index contributed by atoms with van der Waals surface area (Å²) in [5.41, 5.74) is -4.90. The first-order valence-electron chi connectivity index (χ1n) is 8.47. The molecule has 154 valence electrons. The largest absolute Gasteiger partial charge is 0.516 e. The van der Waals surface area contributed by atoms with Crippen LogP contribution in [0, 0.1) is 11.3 Å². The number of hydrogen-bond acceptors (Lipinski definition) is 5. The minimum Gasteiger partial charge on any atom is -0.457 e. The molecule has 0 aliphatic carbocycles. The van der Waals surface area contributed by atoms with Crippen LogP contribution in [-0.4, -0.2) is 18.9 Å². The first kappa shape index (κ1) is 21.1. The van der Waals surface area contributed by atoms with Crippen LogP contribution in [0.1, 0.15) is 11.1 Å². The van der Waals surface area contributed by atoms with Crippen LogP contribution < -0.4 is 9.04 Å². The zero-order valence-electron chi connectivity index (χ0n) is 15.2. The van der Waals surface area contributed by atoms with Crippen molar-refractivity contribution >= 4 is 15.7 Å². The highest BCUT2D eigenvalue weighted by Gasteiger charge is 2.50. The van der Waals surface area contributed by atoms with Gasteiger partial charge in [-0.2, -0.15) is 26.9 Å². The van der Waals surface area contributed by atoms with Crippen LogP contribution in [0.3, 0.4) is 0 Å². The smallest absolute Gasteiger partial charge is 0.457 e. The van der Waals surface area contributed by atoms with Gasteiger partial charge in [-0.25, -0.2) is 0 Å². The lowest BCUT2D eigenvalue weighted by molar-refractivity contribution is -0.0438. The van der Waals surface area contributed by atoms with E-state index in [2.05, 4.69) is 4.98 Å². The summed E-state index contributed by atoms with van der Waals surface area (Å²) >= 11 is 0. The highest BCUT2D eigenvalue weighted by Crippen LogP contribution is 2.33. The molecule has 3 rings (SSSR count). The molecule has 0 saturated heterocycles. The number of halogens is 3. The molecule has 10 heteroatoms. The number of anilines is 1. The molecule has 0 unspecified atom stereocenters. The number of hydrogen-bond donors (Lipinski definition) is 0. The number of pyridine rings is 1. The third-order valence-electron chi connectivity index (χ3n) is 3.98. The Morgan fingerprint density at radius 3 is 2.10 bits per heavy atom. The van der Waals surface area contributed by atoms with Crippen molar-refractivity contribution in [3.63, 3.8) is 0 Å². The van der Waals surface area contributed by atoms with Gasteiger partial charge in [-0.15, -0.1) is 0 Å². The minimum absolute atomic E-state index is 0.177. The van der Waals surface area contributed by atoms with Crippen molar-refractivity contribution in [2.45, 2.75) is 12.1 Å². The third kappa shape index (κ3) is 4.69. The molecule has 30 heavy (non-hydrogen) atoms. The van der Waals surface area contributed by atoms with Crippen molar-refractivity contribution in [1.29, 1.82) is 5.26 Å². The summed E-state index contributed by atoms with van der Waals surface area (Å²) in [6.07, 6.45) is 2.72. The average molecular weight is 433 g/mol. The van der Waals surface area contributed by atoms with Crippen molar-refractivity contribution in [3.8, 4) is 17.6 Å². The van der Waals surface area contributed by atoms with Crippen molar-refractivity contribution in [2.24, 2.45) is 0 Å². The Hall–Kier alpha value is -3.58. The fraction of sp³-hybridized carbons (Fsp3) is 0.100. The van der Waals surface area contributed by atoms with Crippen molar-refractivity contribution < 1.29 is 26.3 Å². The molecule has 0 aliphatic rings. The van der Waals surface area contributed by atoms with Gasteiger partial charge in [-0.05, 0) is 60.2 Å². The topological polar surface area (TPSA) is 83.3 Å². The Balaban J connectivity index is 1.89. The third-order valence-corrected chi connectivity index (χ3v) is 5.48. The zero-order chi connectivity index (χ0) is 21.8. The minimum atomic E-state index is -5.64. The maximum Gasteiger partial charge on any atom is 0.516 e. The van der Waals surface area contributed by atoms with Crippen LogP contribution in [0.4, 0.5) is 18.9 Å². The molecule has 0 bridgehead atoms. The van der Waals surface area contributed by atoms with E-state index in [9.17, 15) is 21.6 Å². The predicted molar refractivity (Wildman–Crippen MR) is 103 cm³/mol. The number of rotatable bonds is 6. The quantitative estimate of drug-likeness (QED) is 0.567. The van der Waals surface area contributed by atoms with Gasteiger partial charge in [0.2, 0.25) is 0 Å². The van der Waals surface area contributed by atoms with E-state index >= 15 is 0 Å². The van der Waals surface area contributed by atoms with Gasteiger partial charge in [0.15, 0.2) is 0 Å². The molecule has 6 nitrogen and oxygen atoms in total. The second-order valence-corrected chi connectivity index (χ2v) is 7.90. The summed E-state index contributed by atoms with van der Waals surface area (Å²) in [5, 5.41) is 8.80. The number of nitrogens with zero attached hydrogens (tertiary/aromatic N) is 3. The molecule has 0 aliphatic heterocycles. The van der Waals surface area contributed by atoms with Crippen LogP contribution >= 0.6 is 0 Å². The number of nitriles is 1. The molecule has 0 atom stereocenters. The Kier molecular flexibility index (Phi) is 5.94. The Morgan fingerprint density at radius 1 is 1.00 bits per heavy atom. The van der Waals surface area contributed by atoms with Gasteiger partial charge in [-0.3, -0.25) is 9.29 Å². The Bertz CT molecular complexity index is 1140. The van der Waals surface area contributed by atoms with Crippen LogP contribution in [0.25, 0.3) is 0 Å². The molecule has 2 aromatic carbocycles. The first-order chi connectivity index (χ1) is 14.2. The van der Waals surface area contributed by atoms with Crippen molar-refractivity contribution in [3.05, 3.63) is 84.2 Å². The summed E-state index contributed by atoms with van der Waals surface area (Å²) in [6, 6.07) is 16.3. The standard InChI is InChI=1S/C20H14F3N3O3S/c21-20(22,23)30(27,28)26(14-16-2-1-11-25-13-16)17-5-9-19(10-6-17)29-18-7-3-15(12-24)4-8-18/h1-11,13H,14H2. The van der Waals surface area contributed by atoms with Crippen LogP contribution in [0.2, 0.25) is 0 Å². The van der Waals surface area contributed by atoms with Crippen LogP contribution in [-0.2, 0) is 16.6 Å². The first-order valence-corrected chi connectivity index (χ1v) is 9.91. The SMILES string of the molecule is N#Cc1ccc(Oc2ccc(N(Cc3cccnc3)S(=O)(=O)C(F)(F)F)cc2)cc1. The van der Waals surface area contributed by atoms with Gasteiger partial charge in [0.05, 0.1) is 23.9 Å². The normalized spacial score (nSPS) is 11.5. The molecule has 3 aromatic rings. The van der Waals surface area contributed by atoms with E-state index in [-0.39, 0.29) is 15.7 Å². The second kappa shape index (κ2) is 8.42. The van der Waals surface area contributed by atoms with Gasteiger partial charge in [0, 0.05) is 12.4 Å². The predicted octanol–water partition coefficient (Wildman–Crippen LogP) is 4.60. The molecule has 1 aromatic heterocycles. The fourth-order valence-electron chi connectivity index (χ4n) is 2.51. The molecule has 0 saturated carbocycles. The highest BCUT2D eigenvalue weighted by atomic mass is 32.2. The van der Waals surface area contributed by atoms with Crippen LogP contribution in [0.15, 0.2) is 73.1 Å². The average Bonchev–Trinajstić information content (AvgIpc) is 2.73. The summed E-state index contributed by atoms with van der Waals surface area (Å²) in [7, 11) is -5.64. The fourth-order valence-corrected chi connectivity index (χ4v) is 3.48. The maximum absolute atomic E-state index is 13.2. The lowest BCUT2D eigenvalue weighted by Gasteiger charge is -2.25. The van der Waals surface area contributed by atoms with Gasteiger partial charge >= 0.3 is 15.5 Å². The number of ether oxygens (including phenoxy) is 1.